The molecule has 24 heavy (non-hydrogen) atoms. The highest BCUT2D eigenvalue weighted by molar-refractivity contribution is 9.10. The quantitative estimate of drug-likeness (QED) is 0.875. The van der Waals surface area contributed by atoms with Crippen molar-refractivity contribution in [3.63, 3.8) is 0 Å². The van der Waals surface area contributed by atoms with Crippen molar-refractivity contribution in [3.8, 4) is 5.69 Å². The fourth-order valence-electron chi connectivity index (χ4n) is 3.21. The summed E-state index contributed by atoms with van der Waals surface area (Å²) in [5, 5.41) is 4.53. The molecule has 1 amide bonds. The number of hydrogen-bond donors (Lipinski definition) is 1. The van der Waals surface area contributed by atoms with E-state index in [1.165, 1.54) is 0 Å². The molecule has 1 aliphatic heterocycles. The number of carbonyl (C=O) groups excluding carboxylic acids is 1. The lowest BCUT2D eigenvalue weighted by atomic mass is 9.92. The van der Waals surface area contributed by atoms with Gasteiger partial charge in [-0.25, -0.2) is 4.68 Å². The molecule has 5 nitrogen and oxygen atoms in total. The van der Waals surface area contributed by atoms with Gasteiger partial charge in [0.1, 0.15) is 0 Å². The van der Waals surface area contributed by atoms with Crippen LogP contribution in [0.15, 0.2) is 34.8 Å². The molecule has 1 aromatic carbocycles. The third kappa shape index (κ3) is 3.54. The lowest BCUT2D eigenvalue weighted by molar-refractivity contribution is 0.0654. The fraction of sp³-hybridized carbons (Fsp3) is 0.444. The van der Waals surface area contributed by atoms with Crippen LogP contribution >= 0.6 is 15.9 Å². The SMILES string of the molecule is Cc1cc(C(=O)N2CCCC(C(C)N)C2)nn1-c1ccc(Br)cc1. The zero-order chi connectivity index (χ0) is 17.3. The average molecular weight is 391 g/mol. The van der Waals surface area contributed by atoms with Gasteiger partial charge in [-0.05, 0) is 62.9 Å². The molecule has 1 fully saturated rings. The first kappa shape index (κ1) is 17.2. The number of halogens is 1. The molecule has 1 saturated heterocycles. The Morgan fingerprint density at radius 1 is 1.38 bits per heavy atom. The Hall–Kier alpha value is -1.66. The molecule has 0 bridgehead atoms. The molecule has 0 spiro atoms. The Balaban J connectivity index is 1.81. The van der Waals surface area contributed by atoms with Gasteiger partial charge in [-0.2, -0.15) is 5.10 Å². The van der Waals surface area contributed by atoms with Gasteiger partial charge in [-0.1, -0.05) is 15.9 Å². The number of nitrogens with two attached hydrogens (primary N) is 1. The maximum absolute atomic E-state index is 12.8. The fourth-order valence-corrected chi connectivity index (χ4v) is 3.47. The molecule has 0 saturated carbocycles. The minimum absolute atomic E-state index is 0.000637. The number of amides is 1. The Bertz CT molecular complexity index is 723. The van der Waals surface area contributed by atoms with Crippen molar-refractivity contribution in [2.75, 3.05) is 13.1 Å². The molecule has 2 aromatic rings. The number of nitrogens with zero attached hydrogens (tertiary/aromatic N) is 3. The summed E-state index contributed by atoms with van der Waals surface area (Å²) in [5.74, 6) is 0.372. The highest BCUT2D eigenvalue weighted by atomic mass is 79.9. The summed E-state index contributed by atoms with van der Waals surface area (Å²) in [4.78, 5) is 14.7. The van der Waals surface area contributed by atoms with Crippen molar-refractivity contribution in [2.24, 2.45) is 11.7 Å². The first-order chi connectivity index (χ1) is 11.5. The van der Waals surface area contributed by atoms with Crippen LogP contribution in [0.4, 0.5) is 0 Å². The molecule has 2 atom stereocenters. The molecule has 0 aliphatic carbocycles. The van der Waals surface area contributed by atoms with E-state index in [2.05, 4.69) is 21.0 Å². The van der Waals surface area contributed by atoms with Crippen molar-refractivity contribution in [1.29, 1.82) is 0 Å². The highest BCUT2D eigenvalue weighted by Crippen LogP contribution is 2.21. The van der Waals surface area contributed by atoms with Crippen LogP contribution in [0.25, 0.3) is 5.69 Å². The monoisotopic (exact) mass is 390 g/mol. The third-order valence-corrected chi connectivity index (χ3v) is 5.20. The number of likely N-dealkylation sites (tertiary alicyclic amines) is 1. The average Bonchev–Trinajstić information content (AvgIpc) is 2.97. The largest absolute Gasteiger partial charge is 0.337 e. The summed E-state index contributed by atoms with van der Waals surface area (Å²) < 4.78 is 2.83. The molecule has 0 radical (unpaired) electrons. The number of aryl methyl sites for hydroxylation is 1. The molecule has 3 rings (SSSR count). The third-order valence-electron chi connectivity index (χ3n) is 4.67. The van der Waals surface area contributed by atoms with E-state index in [4.69, 9.17) is 5.73 Å². The standard InChI is InChI=1S/C18H23BrN4O/c1-12-10-17(21-23(12)16-7-5-15(19)6-8-16)18(24)22-9-3-4-14(11-22)13(2)20/h5-8,10,13-14H,3-4,9,11,20H2,1-2H3. The predicted octanol–water partition coefficient (Wildman–Crippen LogP) is 3.14. The van der Waals surface area contributed by atoms with Crippen molar-refractivity contribution in [3.05, 3.63) is 46.2 Å². The van der Waals surface area contributed by atoms with E-state index < -0.39 is 0 Å². The van der Waals surface area contributed by atoms with Gasteiger partial charge < -0.3 is 10.6 Å². The predicted molar refractivity (Wildman–Crippen MR) is 98.3 cm³/mol. The summed E-state index contributed by atoms with van der Waals surface area (Å²) in [6, 6.07) is 9.87. The topological polar surface area (TPSA) is 64.2 Å². The van der Waals surface area contributed by atoms with Gasteiger partial charge in [0.15, 0.2) is 5.69 Å². The molecule has 128 valence electrons. The molecule has 1 aromatic heterocycles. The summed E-state index contributed by atoms with van der Waals surface area (Å²) in [5.41, 5.74) is 8.42. The summed E-state index contributed by atoms with van der Waals surface area (Å²) in [6.07, 6.45) is 2.10. The Kier molecular flexibility index (Phi) is 5.06. The number of piperidine rings is 1. The number of rotatable bonds is 3. The minimum Gasteiger partial charge on any atom is -0.337 e. The van der Waals surface area contributed by atoms with E-state index in [-0.39, 0.29) is 11.9 Å². The van der Waals surface area contributed by atoms with E-state index >= 15 is 0 Å². The number of hydrogen-bond acceptors (Lipinski definition) is 3. The zero-order valence-electron chi connectivity index (χ0n) is 14.1. The van der Waals surface area contributed by atoms with Crippen LogP contribution in [0.2, 0.25) is 0 Å². The Morgan fingerprint density at radius 2 is 2.08 bits per heavy atom. The Labute approximate surface area is 151 Å². The van der Waals surface area contributed by atoms with Gasteiger partial charge in [0.2, 0.25) is 0 Å². The molecule has 2 heterocycles. The molecular weight excluding hydrogens is 368 g/mol. The lowest BCUT2D eigenvalue weighted by Crippen LogP contribution is -2.45. The summed E-state index contributed by atoms with van der Waals surface area (Å²) in [6.45, 7) is 5.49. The zero-order valence-corrected chi connectivity index (χ0v) is 15.7. The second-order valence-electron chi connectivity index (χ2n) is 6.57. The van der Waals surface area contributed by atoms with Gasteiger partial charge in [-0.15, -0.1) is 0 Å². The van der Waals surface area contributed by atoms with Crippen LogP contribution in [0.1, 0.15) is 35.9 Å². The van der Waals surface area contributed by atoms with Crippen LogP contribution in [0, 0.1) is 12.8 Å². The first-order valence-corrected chi connectivity index (χ1v) is 9.12. The molecule has 6 heteroatoms. The van der Waals surface area contributed by atoms with Crippen LogP contribution in [0.3, 0.4) is 0 Å². The van der Waals surface area contributed by atoms with Gasteiger partial charge in [0.05, 0.1) is 5.69 Å². The van der Waals surface area contributed by atoms with E-state index in [9.17, 15) is 4.79 Å². The molecular formula is C18H23BrN4O. The number of aromatic nitrogens is 2. The maximum Gasteiger partial charge on any atom is 0.274 e. The first-order valence-electron chi connectivity index (χ1n) is 8.33. The van der Waals surface area contributed by atoms with Crippen molar-refractivity contribution in [1.82, 2.24) is 14.7 Å². The van der Waals surface area contributed by atoms with Gasteiger partial charge in [0, 0.05) is 29.3 Å². The van der Waals surface area contributed by atoms with Gasteiger partial charge in [0.25, 0.3) is 5.91 Å². The van der Waals surface area contributed by atoms with Gasteiger partial charge in [-0.3, -0.25) is 4.79 Å². The minimum atomic E-state index is -0.000637. The van der Waals surface area contributed by atoms with Crippen LogP contribution in [-0.2, 0) is 0 Å². The van der Waals surface area contributed by atoms with E-state index in [1.54, 1.807) is 0 Å². The van der Waals surface area contributed by atoms with Crippen LogP contribution in [0.5, 0.6) is 0 Å². The molecule has 2 N–H and O–H groups in total. The second kappa shape index (κ2) is 7.07. The molecule has 2 unspecified atom stereocenters. The van der Waals surface area contributed by atoms with Crippen LogP contribution in [-0.4, -0.2) is 39.7 Å². The smallest absolute Gasteiger partial charge is 0.274 e. The van der Waals surface area contributed by atoms with Crippen molar-refractivity contribution in [2.45, 2.75) is 32.7 Å². The number of carbonyl (C=O) groups is 1. The van der Waals surface area contributed by atoms with Crippen LogP contribution < -0.4 is 5.73 Å². The van der Waals surface area contributed by atoms with Crippen molar-refractivity contribution < 1.29 is 4.79 Å². The normalized spacial score (nSPS) is 19.3. The van der Waals surface area contributed by atoms with E-state index in [0.717, 1.165) is 41.8 Å². The second-order valence-corrected chi connectivity index (χ2v) is 7.49. The maximum atomic E-state index is 12.8. The van der Waals surface area contributed by atoms with Crippen molar-refractivity contribution >= 4 is 21.8 Å². The number of benzene rings is 1. The van der Waals surface area contributed by atoms with E-state index in [1.807, 2.05) is 53.8 Å². The van der Waals surface area contributed by atoms with Gasteiger partial charge >= 0.3 is 0 Å². The molecule has 1 aliphatic rings. The summed E-state index contributed by atoms with van der Waals surface area (Å²) in [7, 11) is 0. The highest BCUT2D eigenvalue weighted by Gasteiger charge is 2.28. The summed E-state index contributed by atoms with van der Waals surface area (Å²) >= 11 is 3.43. The lowest BCUT2D eigenvalue weighted by Gasteiger charge is -2.34. The Morgan fingerprint density at radius 3 is 2.75 bits per heavy atom. The van der Waals surface area contributed by atoms with E-state index in [0.29, 0.717) is 11.6 Å².